The number of aliphatic hydroxyl groups excluding tert-OH is 1. The number of hydrogen-bond donors (Lipinski definition) is 4. The van der Waals surface area contributed by atoms with Gasteiger partial charge < -0.3 is 30.7 Å². The molecule has 2 aromatic carbocycles. The molecule has 6 aromatic rings. The molecular formula is C52H58ClN9O6S2. The molecule has 0 bridgehead atoms. The van der Waals surface area contributed by atoms with Gasteiger partial charge in [0.25, 0.3) is 5.91 Å². The number of aliphatic hydroxyl groups is 1. The van der Waals surface area contributed by atoms with Gasteiger partial charge in [0.05, 0.1) is 31.5 Å². The van der Waals surface area contributed by atoms with E-state index in [-0.39, 0.29) is 63.2 Å². The number of aliphatic imine (C=N–C) groups is 1. The molecule has 2 aliphatic heterocycles. The Morgan fingerprint density at radius 2 is 1.67 bits per heavy atom. The maximum absolute atomic E-state index is 14.2. The topological polar surface area (TPSA) is 193 Å². The first-order valence-electron chi connectivity index (χ1n) is 23.3. The van der Waals surface area contributed by atoms with Crippen molar-refractivity contribution in [3.05, 3.63) is 139 Å². The number of amides is 4. The van der Waals surface area contributed by atoms with Gasteiger partial charge in [0.1, 0.15) is 34.6 Å². The molecule has 0 unspecified atom stereocenters. The summed E-state index contributed by atoms with van der Waals surface area (Å²) >= 11 is 9.58. The number of fused-ring (bicyclic) bond motifs is 3. The lowest BCUT2D eigenvalue weighted by Crippen LogP contribution is -2.57. The van der Waals surface area contributed by atoms with Crippen LogP contribution in [0, 0.1) is 33.1 Å². The van der Waals surface area contributed by atoms with Crippen LogP contribution in [-0.4, -0.2) is 104 Å². The lowest BCUT2D eigenvalue weighted by atomic mass is 9.85. The number of ether oxygens (including phenoxy) is 1. The number of carbonyl (C=O) groups is 4. The Kier molecular flexibility index (Phi) is 15.4. The molecule has 0 spiro atoms. The second-order valence-electron chi connectivity index (χ2n) is 18.9. The molecule has 4 N–H and O–H groups in total. The van der Waals surface area contributed by atoms with Crippen LogP contribution < -0.4 is 16.0 Å². The Hall–Kier alpha value is -6.11. The number of aromatic nitrogens is 4. The zero-order valence-electron chi connectivity index (χ0n) is 40.3. The van der Waals surface area contributed by atoms with Gasteiger partial charge in [-0.1, -0.05) is 74.8 Å². The summed E-state index contributed by atoms with van der Waals surface area (Å²) in [5, 5.41) is 32.0. The van der Waals surface area contributed by atoms with Gasteiger partial charge in [-0.25, -0.2) is 4.98 Å². The third kappa shape index (κ3) is 11.2. The Bertz CT molecular complexity index is 2920. The summed E-state index contributed by atoms with van der Waals surface area (Å²) < 4.78 is 7.89. The highest BCUT2D eigenvalue weighted by atomic mass is 35.5. The van der Waals surface area contributed by atoms with Crippen LogP contribution in [0.2, 0.25) is 5.02 Å². The molecule has 15 nitrogen and oxygen atoms in total. The van der Waals surface area contributed by atoms with Crippen LogP contribution in [0.15, 0.2) is 83.2 Å². The number of aryl methyl sites for hydroxylation is 3. The van der Waals surface area contributed by atoms with Gasteiger partial charge in [0.15, 0.2) is 5.82 Å². The number of hydrogen-bond acceptors (Lipinski definition) is 12. The van der Waals surface area contributed by atoms with Crippen LogP contribution in [0.4, 0.5) is 0 Å². The number of nitrogens with zero attached hydrogens (tertiary/aromatic N) is 6. The van der Waals surface area contributed by atoms with Gasteiger partial charge in [-0.05, 0) is 91.1 Å². The number of thiophene rings is 2. The summed E-state index contributed by atoms with van der Waals surface area (Å²) in [5.41, 5.74) is 6.95. The summed E-state index contributed by atoms with van der Waals surface area (Å²) in [6, 6.07) is 20.2. The molecule has 0 saturated carbocycles. The van der Waals surface area contributed by atoms with Crippen molar-refractivity contribution in [1.29, 1.82) is 0 Å². The standard InChI is InChI=1S/C52H58ClN9O6S2/c1-29-20-24-69-45(29)35-13-11-33(12-14-35)27-55-49(66)41-25-38(63)28-61(41)50(67)46(52(5,6)7)58-48(65)39-10-8-9-37(56-39)19-22-68-23-21-54-42(64)26-40-47-60-59-32(4)62(47)51-43(30(2)31(3)70-51)44(57-40)34-15-17-36(53)18-16-34/h8-18,20,24,38,40-41,46,63H,19,21-23,25-28H2,1-7H3,(H,54,64)(H,55,66)(H,58,65)/t38-,40+,41+,46-/m1/s1. The van der Waals surface area contributed by atoms with Gasteiger partial charge in [-0.2, -0.15) is 0 Å². The first-order valence-corrected chi connectivity index (χ1v) is 25.4. The highest BCUT2D eigenvalue weighted by Crippen LogP contribution is 2.40. The molecule has 2 aliphatic rings. The third-order valence-corrected chi connectivity index (χ3v) is 15.2. The Morgan fingerprint density at radius 3 is 2.39 bits per heavy atom. The highest BCUT2D eigenvalue weighted by molar-refractivity contribution is 7.15. The number of halogens is 1. The van der Waals surface area contributed by atoms with E-state index in [1.165, 1.54) is 15.3 Å². The average molecular weight is 1000 g/mol. The Morgan fingerprint density at radius 1 is 0.929 bits per heavy atom. The van der Waals surface area contributed by atoms with E-state index in [2.05, 4.69) is 63.3 Å². The monoisotopic (exact) mass is 1000 g/mol. The fourth-order valence-corrected chi connectivity index (χ4v) is 11.0. The first kappa shape index (κ1) is 50.3. The van der Waals surface area contributed by atoms with E-state index in [0.717, 1.165) is 43.4 Å². The second kappa shape index (κ2) is 21.5. The van der Waals surface area contributed by atoms with Crippen molar-refractivity contribution in [2.75, 3.05) is 26.3 Å². The van der Waals surface area contributed by atoms with Crippen LogP contribution in [-0.2, 0) is 32.1 Å². The van der Waals surface area contributed by atoms with Crippen molar-refractivity contribution in [3.63, 3.8) is 0 Å². The Labute approximate surface area is 420 Å². The molecule has 70 heavy (non-hydrogen) atoms. The molecule has 18 heteroatoms. The molecule has 0 aliphatic carbocycles. The SMILES string of the molecule is Cc1ccsc1-c1ccc(CNC(=O)[C@@H]2C[C@@H](O)CN2C(=O)[C@@H](NC(=O)c2cccc(CCOCCNC(=O)C[C@@H]3N=C(c4ccc(Cl)cc4)c4c(sc(C)c4C)-n4c(C)nnc43)n2)C(C)(C)C)cc1. The van der Waals surface area contributed by atoms with Gasteiger partial charge in [-0.15, -0.1) is 32.9 Å². The minimum Gasteiger partial charge on any atom is -0.391 e. The summed E-state index contributed by atoms with van der Waals surface area (Å²) in [6.07, 6.45) is -0.375. The van der Waals surface area contributed by atoms with Crippen LogP contribution >= 0.6 is 34.3 Å². The van der Waals surface area contributed by atoms with Gasteiger partial charge in [0, 0.05) is 64.1 Å². The quantitative estimate of drug-likeness (QED) is 0.0715. The van der Waals surface area contributed by atoms with Crippen molar-refractivity contribution < 1.29 is 29.0 Å². The molecule has 1 fully saturated rings. The molecular weight excluding hydrogens is 946 g/mol. The number of benzene rings is 2. The largest absolute Gasteiger partial charge is 0.391 e. The van der Waals surface area contributed by atoms with Gasteiger partial charge in [-0.3, -0.25) is 28.7 Å². The number of nitrogens with one attached hydrogen (secondary N) is 3. The Balaban J connectivity index is 0.829. The van der Waals surface area contributed by atoms with E-state index >= 15 is 0 Å². The predicted octanol–water partition coefficient (Wildman–Crippen LogP) is 7.42. The molecule has 6 heterocycles. The van der Waals surface area contributed by atoms with E-state index in [1.54, 1.807) is 40.9 Å². The molecule has 366 valence electrons. The smallest absolute Gasteiger partial charge is 0.270 e. The van der Waals surface area contributed by atoms with Crippen molar-refractivity contribution in [3.8, 4) is 15.4 Å². The maximum Gasteiger partial charge on any atom is 0.270 e. The molecule has 1 saturated heterocycles. The molecule has 0 radical (unpaired) electrons. The van der Waals surface area contributed by atoms with E-state index in [1.807, 2.05) is 80.8 Å². The summed E-state index contributed by atoms with van der Waals surface area (Å²) in [5.74, 6) is -0.297. The fourth-order valence-electron chi connectivity index (χ4n) is 8.74. The maximum atomic E-state index is 14.2. The minimum atomic E-state index is -1.03. The number of likely N-dealkylation sites (tertiary alicyclic amines) is 1. The van der Waals surface area contributed by atoms with E-state index < -0.39 is 41.5 Å². The normalized spacial score (nSPS) is 17.0. The minimum absolute atomic E-state index is 0.0353. The van der Waals surface area contributed by atoms with Crippen LogP contribution in [0.25, 0.3) is 15.4 Å². The van der Waals surface area contributed by atoms with Crippen molar-refractivity contribution >= 4 is 63.6 Å². The summed E-state index contributed by atoms with van der Waals surface area (Å²) in [7, 11) is 0. The molecule has 4 aromatic heterocycles. The zero-order chi connectivity index (χ0) is 49.9. The van der Waals surface area contributed by atoms with E-state index in [9.17, 15) is 24.3 Å². The highest BCUT2D eigenvalue weighted by Gasteiger charge is 2.44. The van der Waals surface area contributed by atoms with E-state index in [4.69, 9.17) is 21.3 Å². The number of β-amino-alcohol motifs (C(OH)–C–C–N with tert-alkyl or cyclic N) is 1. The molecule has 4 amide bonds. The molecule has 4 atom stereocenters. The second-order valence-corrected chi connectivity index (χ2v) is 21.4. The number of carbonyl (C=O) groups excluding carboxylic acids is 4. The molecule has 8 rings (SSSR count). The fraction of sp³-hybridized carbons (Fsp3) is 0.385. The van der Waals surface area contributed by atoms with Gasteiger partial charge >= 0.3 is 0 Å². The van der Waals surface area contributed by atoms with Crippen molar-refractivity contribution in [2.45, 2.75) is 98.5 Å². The number of pyridine rings is 1. The number of rotatable bonds is 16. The van der Waals surface area contributed by atoms with Crippen LogP contribution in [0.1, 0.15) is 100 Å². The zero-order valence-corrected chi connectivity index (χ0v) is 42.7. The lowest BCUT2D eigenvalue weighted by molar-refractivity contribution is -0.142. The van der Waals surface area contributed by atoms with Crippen molar-refractivity contribution in [2.24, 2.45) is 10.4 Å². The van der Waals surface area contributed by atoms with Crippen LogP contribution in [0.5, 0.6) is 0 Å². The first-order chi connectivity index (χ1) is 33.5. The van der Waals surface area contributed by atoms with Crippen molar-refractivity contribution in [1.82, 2.24) is 40.6 Å². The summed E-state index contributed by atoms with van der Waals surface area (Å²) in [6.45, 7) is 14.6. The third-order valence-electron chi connectivity index (χ3n) is 12.6. The van der Waals surface area contributed by atoms with Crippen LogP contribution in [0.3, 0.4) is 0 Å². The van der Waals surface area contributed by atoms with E-state index in [0.29, 0.717) is 28.8 Å². The lowest BCUT2D eigenvalue weighted by Gasteiger charge is -2.35. The van der Waals surface area contributed by atoms with Gasteiger partial charge in [0.2, 0.25) is 17.7 Å². The predicted molar refractivity (Wildman–Crippen MR) is 273 cm³/mol. The summed E-state index contributed by atoms with van der Waals surface area (Å²) in [4.78, 5) is 68.5. The average Bonchev–Trinajstić information content (AvgIpc) is 4.10.